The molecule has 1 saturated carbocycles. The van der Waals surface area contributed by atoms with Crippen LogP contribution in [-0.4, -0.2) is 6.54 Å². The third-order valence-corrected chi connectivity index (χ3v) is 3.38. The van der Waals surface area contributed by atoms with Crippen LogP contribution in [0.25, 0.3) is 10.4 Å². The molecule has 0 unspecified atom stereocenters. The summed E-state index contributed by atoms with van der Waals surface area (Å²) in [6, 6.07) is 0. The molecule has 0 aromatic carbocycles. The predicted molar refractivity (Wildman–Crippen MR) is 63.7 cm³/mol. The Morgan fingerprint density at radius 3 is 1.80 bits per heavy atom. The van der Waals surface area contributed by atoms with E-state index in [0.717, 1.165) is 6.54 Å². The van der Waals surface area contributed by atoms with Crippen LogP contribution in [0, 0.1) is 5.92 Å². The smallest absolute Gasteiger partial charge is 0.0286 e. The summed E-state index contributed by atoms with van der Waals surface area (Å²) < 4.78 is 0. The molecule has 0 heterocycles. The van der Waals surface area contributed by atoms with Gasteiger partial charge in [-0.1, -0.05) is 69.3 Å². The number of azide groups is 1. The molecule has 0 bridgehead atoms. The molecule has 3 heteroatoms. The highest BCUT2D eigenvalue weighted by Crippen LogP contribution is 2.21. The van der Waals surface area contributed by atoms with Crippen molar-refractivity contribution in [3.8, 4) is 0 Å². The summed E-state index contributed by atoms with van der Waals surface area (Å²) in [6.07, 6.45) is 13.5. The quantitative estimate of drug-likeness (QED) is 0.355. The van der Waals surface area contributed by atoms with Gasteiger partial charge in [-0.25, -0.2) is 0 Å². The summed E-state index contributed by atoms with van der Waals surface area (Å²) in [5.41, 5.74) is 8.33. The summed E-state index contributed by atoms with van der Waals surface area (Å²) >= 11 is 0. The summed E-state index contributed by atoms with van der Waals surface area (Å²) in [5.74, 6) is 0.652. The van der Waals surface area contributed by atoms with E-state index in [1.54, 1.807) is 0 Å². The summed E-state index contributed by atoms with van der Waals surface area (Å²) in [7, 11) is 0. The van der Waals surface area contributed by atoms with Gasteiger partial charge in [-0.05, 0) is 11.4 Å². The molecule has 86 valence electrons. The Morgan fingerprint density at radius 1 is 0.867 bits per heavy atom. The first-order valence-electron chi connectivity index (χ1n) is 6.44. The molecule has 1 aliphatic carbocycles. The third kappa shape index (κ3) is 6.40. The monoisotopic (exact) mass is 209 g/mol. The standard InChI is InChI=1S/C12H23N3/c13-15-14-11-12-9-7-5-3-1-2-4-6-8-10-12/h12H,1-11H2. The van der Waals surface area contributed by atoms with Crippen molar-refractivity contribution < 1.29 is 0 Å². The van der Waals surface area contributed by atoms with E-state index in [2.05, 4.69) is 10.0 Å². The van der Waals surface area contributed by atoms with Crippen molar-refractivity contribution in [2.24, 2.45) is 11.0 Å². The molecule has 0 saturated heterocycles. The molecule has 0 N–H and O–H groups in total. The fourth-order valence-electron chi connectivity index (χ4n) is 2.41. The van der Waals surface area contributed by atoms with Gasteiger partial charge in [-0.15, -0.1) is 0 Å². The maximum absolute atomic E-state index is 8.33. The van der Waals surface area contributed by atoms with Crippen LogP contribution >= 0.6 is 0 Å². The molecule has 3 nitrogen and oxygen atoms in total. The Morgan fingerprint density at radius 2 is 1.33 bits per heavy atom. The minimum absolute atomic E-state index is 0.652. The minimum atomic E-state index is 0.652. The van der Waals surface area contributed by atoms with Crippen molar-refractivity contribution in [1.82, 2.24) is 0 Å². The first-order chi connectivity index (χ1) is 7.43. The highest BCUT2D eigenvalue weighted by atomic mass is 15.1. The van der Waals surface area contributed by atoms with Crippen molar-refractivity contribution in [3.05, 3.63) is 10.4 Å². The molecule has 0 aliphatic heterocycles. The fourth-order valence-corrected chi connectivity index (χ4v) is 2.41. The molecule has 0 atom stereocenters. The van der Waals surface area contributed by atoms with Crippen LogP contribution in [0.1, 0.15) is 64.2 Å². The zero-order chi connectivity index (χ0) is 10.8. The van der Waals surface area contributed by atoms with E-state index in [0.29, 0.717) is 5.92 Å². The minimum Gasteiger partial charge on any atom is -0.0937 e. The second-order valence-electron chi connectivity index (χ2n) is 4.69. The van der Waals surface area contributed by atoms with E-state index in [1.165, 1.54) is 64.2 Å². The van der Waals surface area contributed by atoms with Crippen LogP contribution in [0.15, 0.2) is 5.11 Å². The summed E-state index contributed by atoms with van der Waals surface area (Å²) in [6.45, 7) is 0.719. The second kappa shape index (κ2) is 8.60. The average molecular weight is 209 g/mol. The van der Waals surface area contributed by atoms with Gasteiger partial charge in [-0.2, -0.15) is 0 Å². The van der Waals surface area contributed by atoms with Crippen LogP contribution < -0.4 is 0 Å². The Bertz CT molecular complexity index is 185. The molecule has 0 spiro atoms. The molecule has 0 amide bonds. The zero-order valence-electron chi connectivity index (χ0n) is 9.70. The summed E-state index contributed by atoms with van der Waals surface area (Å²) in [5, 5.41) is 3.73. The van der Waals surface area contributed by atoms with E-state index in [-0.39, 0.29) is 0 Å². The van der Waals surface area contributed by atoms with Gasteiger partial charge < -0.3 is 0 Å². The normalized spacial score (nSPS) is 21.3. The SMILES string of the molecule is [N-]=[N+]=NCC1CCCCCCCCCC1. The number of hydrogen-bond acceptors (Lipinski definition) is 1. The molecule has 0 radical (unpaired) electrons. The van der Waals surface area contributed by atoms with Gasteiger partial charge in [0.1, 0.15) is 0 Å². The highest BCUT2D eigenvalue weighted by molar-refractivity contribution is 4.65. The van der Waals surface area contributed by atoms with Crippen LogP contribution in [0.3, 0.4) is 0 Å². The second-order valence-corrected chi connectivity index (χ2v) is 4.69. The van der Waals surface area contributed by atoms with Crippen LogP contribution in [0.2, 0.25) is 0 Å². The lowest BCUT2D eigenvalue weighted by molar-refractivity contribution is 0.422. The molecule has 1 aliphatic rings. The first kappa shape index (κ1) is 12.4. The Balaban J connectivity index is 2.28. The number of rotatable bonds is 2. The number of hydrogen-bond donors (Lipinski definition) is 0. The third-order valence-electron chi connectivity index (χ3n) is 3.38. The van der Waals surface area contributed by atoms with Gasteiger partial charge in [0, 0.05) is 11.5 Å². The van der Waals surface area contributed by atoms with Crippen molar-refractivity contribution >= 4 is 0 Å². The average Bonchev–Trinajstić information content (AvgIpc) is 2.31. The van der Waals surface area contributed by atoms with E-state index >= 15 is 0 Å². The van der Waals surface area contributed by atoms with Gasteiger partial charge in [0.15, 0.2) is 0 Å². The molecule has 0 aromatic rings. The Kier molecular flexibility index (Phi) is 7.10. The van der Waals surface area contributed by atoms with Crippen LogP contribution in [-0.2, 0) is 0 Å². The lowest BCUT2D eigenvalue weighted by atomic mass is 9.96. The lowest BCUT2D eigenvalue weighted by Gasteiger charge is -2.13. The van der Waals surface area contributed by atoms with Gasteiger partial charge in [0.05, 0.1) is 0 Å². The van der Waals surface area contributed by atoms with Crippen LogP contribution in [0.4, 0.5) is 0 Å². The van der Waals surface area contributed by atoms with Crippen LogP contribution in [0.5, 0.6) is 0 Å². The van der Waals surface area contributed by atoms with Crippen molar-refractivity contribution in [2.45, 2.75) is 64.2 Å². The van der Waals surface area contributed by atoms with Gasteiger partial charge >= 0.3 is 0 Å². The lowest BCUT2D eigenvalue weighted by Crippen LogP contribution is -2.04. The topological polar surface area (TPSA) is 48.8 Å². The van der Waals surface area contributed by atoms with Gasteiger partial charge in [-0.3, -0.25) is 0 Å². The number of nitrogens with zero attached hydrogens (tertiary/aromatic N) is 3. The maximum atomic E-state index is 8.33. The largest absolute Gasteiger partial charge is 0.0937 e. The van der Waals surface area contributed by atoms with Crippen molar-refractivity contribution in [2.75, 3.05) is 6.54 Å². The molecule has 0 aromatic heterocycles. The van der Waals surface area contributed by atoms with E-state index in [9.17, 15) is 0 Å². The zero-order valence-corrected chi connectivity index (χ0v) is 9.70. The van der Waals surface area contributed by atoms with E-state index < -0.39 is 0 Å². The van der Waals surface area contributed by atoms with Gasteiger partial charge in [0.25, 0.3) is 0 Å². The Hall–Kier alpha value is -0.690. The van der Waals surface area contributed by atoms with Crippen molar-refractivity contribution in [3.63, 3.8) is 0 Å². The van der Waals surface area contributed by atoms with E-state index in [1.807, 2.05) is 0 Å². The molecule has 1 rings (SSSR count). The Labute approximate surface area is 92.9 Å². The molecular formula is C12H23N3. The van der Waals surface area contributed by atoms with Crippen molar-refractivity contribution in [1.29, 1.82) is 0 Å². The van der Waals surface area contributed by atoms with Gasteiger partial charge in [0.2, 0.25) is 0 Å². The maximum Gasteiger partial charge on any atom is 0.0286 e. The summed E-state index contributed by atoms with van der Waals surface area (Å²) in [4.78, 5) is 2.87. The molecular weight excluding hydrogens is 186 g/mol. The molecule has 1 fully saturated rings. The fraction of sp³-hybridized carbons (Fsp3) is 1.00. The molecule has 15 heavy (non-hydrogen) atoms. The van der Waals surface area contributed by atoms with E-state index in [4.69, 9.17) is 5.53 Å². The predicted octanol–water partition coefficient (Wildman–Crippen LogP) is 4.83. The first-order valence-corrected chi connectivity index (χ1v) is 6.44. The highest BCUT2D eigenvalue weighted by Gasteiger charge is 2.08.